The number of rotatable bonds is 5. The molecule has 1 rings (SSSR count). The predicted molar refractivity (Wildman–Crippen MR) is 52.8 cm³/mol. The van der Waals surface area contributed by atoms with Crippen LogP contribution in [0.15, 0.2) is 18.2 Å². The first-order valence-electron chi connectivity index (χ1n) is 4.21. The highest BCUT2D eigenvalue weighted by atomic mass is 16.6. The third-order valence-electron chi connectivity index (χ3n) is 1.71. The van der Waals surface area contributed by atoms with Gasteiger partial charge in [-0.3, -0.25) is 10.1 Å². The number of benzene rings is 1. The van der Waals surface area contributed by atoms with Crippen LogP contribution in [0.25, 0.3) is 0 Å². The molecule has 7 nitrogen and oxygen atoms in total. The largest absolute Gasteiger partial charge is 0.493 e. The molecule has 7 heteroatoms. The fourth-order valence-electron chi connectivity index (χ4n) is 1.03. The SMILES string of the molecule is COc1cc([N+](=O)[O-])ccc1OCC(=O)O. The van der Waals surface area contributed by atoms with Crippen LogP contribution < -0.4 is 9.47 Å². The van der Waals surface area contributed by atoms with E-state index in [1.165, 1.54) is 19.2 Å². The van der Waals surface area contributed by atoms with Gasteiger partial charge < -0.3 is 14.6 Å². The van der Waals surface area contributed by atoms with E-state index in [-0.39, 0.29) is 17.2 Å². The lowest BCUT2D eigenvalue weighted by Crippen LogP contribution is -2.10. The monoisotopic (exact) mass is 227 g/mol. The molecule has 0 aromatic heterocycles. The molecular formula is C9H9NO6. The van der Waals surface area contributed by atoms with E-state index in [4.69, 9.17) is 14.6 Å². The molecule has 0 bridgehead atoms. The van der Waals surface area contributed by atoms with Crippen molar-refractivity contribution in [2.45, 2.75) is 0 Å². The third kappa shape index (κ3) is 2.84. The van der Waals surface area contributed by atoms with Crippen molar-refractivity contribution in [2.75, 3.05) is 13.7 Å². The van der Waals surface area contributed by atoms with Gasteiger partial charge in [-0.15, -0.1) is 0 Å². The molecule has 0 amide bonds. The molecule has 0 unspecified atom stereocenters. The van der Waals surface area contributed by atoms with Crippen molar-refractivity contribution in [3.63, 3.8) is 0 Å². The van der Waals surface area contributed by atoms with Gasteiger partial charge in [0.2, 0.25) is 0 Å². The van der Waals surface area contributed by atoms with Crippen LogP contribution in [0.3, 0.4) is 0 Å². The molecule has 16 heavy (non-hydrogen) atoms. The van der Waals surface area contributed by atoms with Gasteiger partial charge >= 0.3 is 5.97 Å². The van der Waals surface area contributed by atoms with Gasteiger partial charge in [-0.25, -0.2) is 4.79 Å². The van der Waals surface area contributed by atoms with Gasteiger partial charge in [-0.05, 0) is 6.07 Å². The zero-order valence-electron chi connectivity index (χ0n) is 8.37. The van der Waals surface area contributed by atoms with E-state index < -0.39 is 17.5 Å². The topological polar surface area (TPSA) is 98.9 Å². The summed E-state index contributed by atoms with van der Waals surface area (Å²) in [4.78, 5) is 20.2. The van der Waals surface area contributed by atoms with Crippen LogP contribution in [0.2, 0.25) is 0 Å². The summed E-state index contributed by atoms with van der Waals surface area (Å²) >= 11 is 0. The van der Waals surface area contributed by atoms with Crippen molar-refractivity contribution in [2.24, 2.45) is 0 Å². The minimum atomic E-state index is -1.14. The second kappa shape index (κ2) is 4.96. The summed E-state index contributed by atoms with van der Waals surface area (Å²) in [5.41, 5.74) is -0.153. The Balaban J connectivity index is 2.93. The maximum Gasteiger partial charge on any atom is 0.341 e. The van der Waals surface area contributed by atoms with E-state index in [2.05, 4.69) is 0 Å². The van der Waals surface area contributed by atoms with Gasteiger partial charge in [0.05, 0.1) is 18.1 Å². The van der Waals surface area contributed by atoms with E-state index in [9.17, 15) is 14.9 Å². The van der Waals surface area contributed by atoms with Crippen LogP contribution in [0.4, 0.5) is 5.69 Å². The molecule has 86 valence electrons. The Morgan fingerprint density at radius 1 is 1.50 bits per heavy atom. The van der Waals surface area contributed by atoms with Crippen LogP contribution in [0.1, 0.15) is 0 Å². The van der Waals surface area contributed by atoms with Crippen LogP contribution in [0, 0.1) is 10.1 Å². The molecule has 1 aromatic carbocycles. The number of nitrogens with zero attached hydrogens (tertiary/aromatic N) is 1. The van der Waals surface area contributed by atoms with E-state index in [1.54, 1.807) is 0 Å². The normalized spacial score (nSPS) is 9.56. The van der Waals surface area contributed by atoms with Crippen molar-refractivity contribution < 1.29 is 24.3 Å². The van der Waals surface area contributed by atoms with Crippen molar-refractivity contribution >= 4 is 11.7 Å². The Bertz CT molecular complexity index is 416. The second-order valence-electron chi connectivity index (χ2n) is 2.77. The zero-order valence-corrected chi connectivity index (χ0v) is 8.37. The highest BCUT2D eigenvalue weighted by Gasteiger charge is 2.12. The number of carboxylic acids is 1. The standard InChI is InChI=1S/C9H9NO6/c1-15-8-4-6(10(13)14)2-3-7(8)16-5-9(11)12/h2-4H,5H2,1H3,(H,11,12). The number of hydrogen-bond acceptors (Lipinski definition) is 5. The molecule has 0 aliphatic carbocycles. The summed E-state index contributed by atoms with van der Waals surface area (Å²) < 4.78 is 9.72. The number of nitro benzene ring substituents is 1. The highest BCUT2D eigenvalue weighted by Crippen LogP contribution is 2.30. The Hall–Kier alpha value is -2.31. The van der Waals surface area contributed by atoms with Crippen LogP contribution in [0.5, 0.6) is 11.5 Å². The maximum absolute atomic E-state index is 10.5. The number of methoxy groups -OCH3 is 1. The average molecular weight is 227 g/mol. The number of nitro groups is 1. The Morgan fingerprint density at radius 2 is 2.19 bits per heavy atom. The molecular weight excluding hydrogens is 218 g/mol. The molecule has 0 heterocycles. The first-order valence-corrected chi connectivity index (χ1v) is 4.21. The predicted octanol–water partition coefficient (Wildman–Crippen LogP) is 1.07. The Morgan fingerprint density at radius 3 is 2.69 bits per heavy atom. The van der Waals surface area contributed by atoms with E-state index in [0.29, 0.717) is 0 Å². The van der Waals surface area contributed by atoms with Gasteiger partial charge in [-0.2, -0.15) is 0 Å². The lowest BCUT2D eigenvalue weighted by Gasteiger charge is -2.08. The summed E-state index contributed by atoms with van der Waals surface area (Å²) in [5.74, 6) is -0.869. The fraction of sp³-hybridized carbons (Fsp3) is 0.222. The van der Waals surface area contributed by atoms with Gasteiger partial charge in [0.1, 0.15) is 0 Å². The number of carbonyl (C=O) groups is 1. The molecule has 0 radical (unpaired) electrons. The molecule has 0 saturated heterocycles. The number of ether oxygens (including phenoxy) is 2. The second-order valence-corrected chi connectivity index (χ2v) is 2.77. The number of hydrogen-bond donors (Lipinski definition) is 1. The van der Waals surface area contributed by atoms with Gasteiger partial charge in [-0.1, -0.05) is 0 Å². The van der Waals surface area contributed by atoms with Crippen molar-refractivity contribution in [1.82, 2.24) is 0 Å². The summed E-state index contributed by atoms with van der Waals surface area (Å²) in [7, 11) is 1.31. The quantitative estimate of drug-likeness (QED) is 0.596. The lowest BCUT2D eigenvalue weighted by molar-refractivity contribution is -0.384. The molecule has 0 spiro atoms. The van der Waals surface area contributed by atoms with Crippen LogP contribution in [-0.2, 0) is 4.79 Å². The zero-order chi connectivity index (χ0) is 12.1. The Labute approximate surface area is 90.4 Å². The summed E-state index contributed by atoms with van der Waals surface area (Å²) in [6.07, 6.45) is 0. The van der Waals surface area contributed by atoms with E-state index in [0.717, 1.165) is 6.07 Å². The smallest absolute Gasteiger partial charge is 0.341 e. The van der Waals surface area contributed by atoms with Gasteiger partial charge in [0, 0.05) is 6.07 Å². The number of aliphatic carboxylic acids is 1. The molecule has 1 N–H and O–H groups in total. The maximum atomic E-state index is 10.5. The van der Waals surface area contributed by atoms with E-state index >= 15 is 0 Å². The van der Waals surface area contributed by atoms with Crippen molar-refractivity contribution in [1.29, 1.82) is 0 Å². The first-order chi connectivity index (χ1) is 7.54. The van der Waals surface area contributed by atoms with Crippen molar-refractivity contribution in [3.05, 3.63) is 28.3 Å². The molecule has 0 atom stereocenters. The summed E-state index contributed by atoms with van der Waals surface area (Å²) in [5, 5.41) is 18.9. The highest BCUT2D eigenvalue weighted by molar-refractivity contribution is 5.68. The molecule has 0 aliphatic rings. The summed E-state index contributed by atoms with van der Waals surface area (Å²) in [6.45, 7) is -0.534. The molecule has 0 saturated carbocycles. The Kier molecular flexibility index (Phi) is 3.65. The molecule has 1 aromatic rings. The van der Waals surface area contributed by atoms with E-state index in [1.807, 2.05) is 0 Å². The number of carboxylic acid groups (broad SMARTS) is 1. The van der Waals surface area contributed by atoms with Crippen LogP contribution >= 0.6 is 0 Å². The third-order valence-corrected chi connectivity index (χ3v) is 1.71. The van der Waals surface area contributed by atoms with Gasteiger partial charge in [0.15, 0.2) is 18.1 Å². The summed E-state index contributed by atoms with van der Waals surface area (Å²) in [6, 6.07) is 3.66. The van der Waals surface area contributed by atoms with Gasteiger partial charge in [0.25, 0.3) is 5.69 Å². The lowest BCUT2D eigenvalue weighted by atomic mass is 10.3. The minimum absolute atomic E-state index is 0.121. The number of non-ortho nitro benzene ring substituents is 1. The molecule has 0 aliphatic heterocycles. The molecule has 0 fully saturated rings. The minimum Gasteiger partial charge on any atom is -0.493 e. The fourth-order valence-corrected chi connectivity index (χ4v) is 1.03. The first kappa shape index (κ1) is 11.8. The van der Waals surface area contributed by atoms with Crippen molar-refractivity contribution in [3.8, 4) is 11.5 Å². The van der Waals surface area contributed by atoms with Crippen LogP contribution in [-0.4, -0.2) is 29.7 Å². The average Bonchev–Trinajstić information content (AvgIpc) is 2.25.